The summed E-state index contributed by atoms with van der Waals surface area (Å²) in [6, 6.07) is 11.0. The molecule has 9 nitrogen and oxygen atoms in total. The zero-order valence-electron chi connectivity index (χ0n) is 21.3. The van der Waals surface area contributed by atoms with Crippen molar-refractivity contribution in [3.63, 3.8) is 0 Å². The molecule has 5 rings (SSSR count). The van der Waals surface area contributed by atoms with Gasteiger partial charge in [0.1, 0.15) is 5.76 Å². The zero-order chi connectivity index (χ0) is 25.9. The number of thioether (sulfide) groups is 1. The molecule has 0 saturated carbocycles. The molecule has 0 aliphatic carbocycles. The van der Waals surface area contributed by atoms with Gasteiger partial charge in [0, 0.05) is 17.9 Å². The monoisotopic (exact) mass is 523 g/mol. The van der Waals surface area contributed by atoms with Crippen LogP contribution in [-0.2, 0) is 17.0 Å². The van der Waals surface area contributed by atoms with E-state index in [2.05, 4.69) is 0 Å². The Hall–Kier alpha value is -3.50. The Labute approximate surface area is 218 Å². The number of oxazole rings is 1. The Bertz CT molecular complexity index is 1450. The van der Waals surface area contributed by atoms with Crippen molar-refractivity contribution < 1.29 is 23.4 Å². The van der Waals surface area contributed by atoms with E-state index in [0.717, 1.165) is 25.1 Å². The lowest BCUT2D eigenvalue weighted by Crippen LogP contribution is -2.28. The fraction of sp³-hybridized carbons (Fsp3) is 0.370. The molecule has 1 saturated heterocycles. The maximum atomic E-state index is 13.4. The summed E-state index contributed by atoms with van der Waals surface area (Å²) in [5.74, 6) is 3.14. The largest absolute Gasteiger partial charge is 0.493 e. The lowest BCUT2D eigenvalue weighted by atomic mass is 10.2. The van der Waals surface area contributed by atoms with E-state index >= 15 is 0 Å². The maximum Gasteiger partial charge on any atom is 0.262 e. The molecule has 194 valence electrons. The Balaban J connectivity index is 1.45. The van der Waals surface area contributed by atoms with Gasteiger partial charge in [-0.05, 0) is 44.0 Å². The fourth-order valence-corrected chi connectivity index (χ4v) is 5.44. The van der Waals surface area contributed by atoms with Crippen molar-refractivity contribution in [1.29, 1.82) is 0 Å². The van der Waals surface area contributed by atoms with E-state index in [-0.39, 0.29) is 11.7 Å². The van der Waals surface area contributed by atoms with Crippen molar-refractivity contribution >= 4 is 22.7 Å². The smallest absolute Gasteiger partial charge is 0.262 e. The number of methoxy groups -OCH3 is 3. The van der Waals surface area contributed by atoms with Gasteiger partial charge < -0.3 is 23.4 Å². The highest BCUT2D eigenvalue weighted by atomic mass is 32.2. The van der Waals surface area contributed by atoms with Gasteiger partial charge in [-0.25, -0.2) is 9.97 Å². The van der Waals surface area contributed by atoms with Crippen LogP contribution in [0.15, 0.2) is 50.8 Å². The van der Waals surface area contributed by atoms with Gasteiger partial charge in [-0.1, -0.05) is 23.9 Å². The van der Waals surface area contributed by atoms with Gasteiger partial charge in [0.05, 0.1) is 50.6 Å². The van der Waals surface area contributed by atoms with Crippen molar-refractivity contribution in [3.05, 3.63) is 58.2 Å². The second kappa shape index (κ2) is 10.9. The van der Waals surface area contributed by atoms with Gasteiger partial charge in [0.25, 0.3) is 5.56 Å². The summed E-state index contributed by atoms with van der Waals surface area (Å²) in [6.07, 6.45) is 1.95. The number of hydrogen-bond donors (Lipinski definition) is 0. The maximum absolute atomic E-state index is 13.4. The summed E-state index contributed by atoms with van der Waals surface area (Å²) in [5.41, 5.74) is 2.08. The lowest BCUT2D eigenvalue weighted by Gasteiger charge is -2.16. The first kappa shape index (κ1) is 25.2. The number of fused-ring (bicyclic) bond motifs is 1. The van der Waals surface area contributed by atoms with Crippen LogP contribution in [0.25, 0.3) is 22.4 Å². The number of aryl methyl sites for hydroxylation is 1. The van der Waals surface area contributed by atoms with Crippen molar-refractivity contribution in [3.8, 4) is 28.7 Å². The molecule has 1 aliphatic rings. The Kier molecular flexibility index (Phi) is 7.38. The number of benzene rings is 2. The van der Waals surface area contributed by atoms with Crippen molar-refractivity contribution in [2.45, 2.75) is 43.3 Å². The number of rotatable bonds is 9. The molecule has 10 heteroatoms. The summed E-state index contributed by atoms with van der Waals surface area (Å²) >= 11 is 1.46. The third kappa shape index (κ3) is 5.03. The first-order valence-electron chi connectivity index (χ1n) is 12.0. The summed E-state index contributed by atoms with van der Waals surface area (Å²) < 4.78 is 29.9. The Morgan fingerprint density at radius 3 is 2.51 bits per heavy atom. The summed E-state index contributed by atoms with van der Waals surface area (Å²) in [7, 11) is 4.69. The van der Waals surface area contributed by atoms with Gasteiger partial charge in [-0.3, -0.25) is 9.36 Å². The van der Waals surface area contributed by atoms with E-state index in [1.165, 1.54) is 11.8 Å². The van der Waals surface area contributed by atoms with Crippen LogP contribution in [0.1, 0.15) is 24.3 Å². The number of nitrogens with zero attached hydrogens (tertiary/aromatic N) is 3. The van der Waals surface area contributed by atoms with Crippen molar-refractivity contribution in [2.75, 3.05) is 27.9 Å². The zero-order valence-corrected chi connectivity index (χ0v) is 22.1. The molecule has 3 heterocycles. The fourth-order valence-electron chi connectivity index (χ4n) is 4.43. The third-order valence-electron chi connectivity index (χ3n) is 6.38. The van der Waals surface area contributed by atoms with Crippen LogP contribution in [0.3, 0.4) is 0 Å². The van der Waals surface area contributed by atoms with E-state index in [1.54, 1.807) is 38.0 Å². The Morgan fingerprint density at radius 2 is 1.84 bits per heavy atom. The van der Waals surface area contributed by atoms with Crippen LogP contribution in [-0.4, -0.2) is 48.6 Å². The minimum absolute atomic E-state index is 0.0143. The third-order valence-corrected chi connectivity index (χ3v) is 7.37. The van der Waals surface area contributed by atoms with Gasteiger partial charge in [-0.15, -0.1) is 0 Å². The van der Waals surface area contributed by atoms with E-state index < -0.39 is 0 Å². The molecule has 2 aromatic heterocycles. The number of hydrogen-bond acceptors (Lipinski definition) is 9. The molecule has 0 spiro atoms. The molecule has 2 aromatic carbocycles. The summed E-state index contributed by atoms with van der Waals surface area (Å²) in [6.45, 7) is 3.08. The van der Waals surface area contributed by atoms with Crippen LogP contribution in [0, 0.1) is 6.92 Å². The second-order valence-electron chi connectivity index (χ2n) is 8.69. The molecule has 0 amide bonds. The summed E-state index contributed by atoms with van der Waals surface area (Å²) in [5, 5.41) is 1.24. The Morgan fingerprint density at radius 1 is 1.08 bits per heavy atom. The molecule has 1 aliphatic heterocycles. The van der Waals surface area contributed by atoms with Crippen LogP contribution in [0.4, 0.5) is 0 Å². The van der Waals surface area contributed by atoms with E-state index in [0.29, 0.717) is 62.8 Å². The molecular weight excluding hydrogens is 494 g/mol. The second-order valence-corrected chi connectivity index (χ2v) is 9.63. The minimum Gasteiger partial charge on any atom is -0.493 e. The average molecular weight is 524 g/mol. The molecule has 1 atom stereocenters. The highest BCUT2D eigenvalue weighted by molar-refractivity contribution is 7.98. The lowest BCUT2D eigenvalue weighted by molar-refractivity contribution is 0.0937. The standard InChI is InChI=1S/C27H29N3O6S/c1-16-21(28-25(36-16)17-12-22(32-2)24(34-4)23(13-17)33-3)15-37-27-29-20-10-6-5-9-19(20)26(31)30(27)14-18-8-7-11-35-18/h5-6,9-10,12-13,18H,7-8,11,14-15H2,1-4H3. The molecule has 1 unspecified atom stereocenters. The van der Waals surface area contributed by atoms with Gasteiger partial charge in [0.2, 0.25) is 11.6 Å². The number of aromatic nitrogens is 3. The SMILES string of the molecule is COc1cc(-c2nc(CSc3nc4ccccc4c(=O)n3CC3CCCO3)c(C)o2)cc(OC)c1OC. The highest BCUT2D eigenvalue weighted by Crippen LogP contribution is 2.41. The predicted molar refractivity (Wildman–Crippen MR) is 141 cm³/mol. The molecule has 0 radical (unpaired) electrons. The molecule has 4 aromatic rings. The van der Waals surface area contributed by atoms with E-state index in [9.17, 15) is 4.79 Å². The molecule has 37 heavy (non-hydrogen) atoms. The first-order chi connectivity index (χ1) is 18.0. The van der Waals surface area contributed by atoms with Gasteiger partial charge >= 0.3 is 0 Å². The van der Waals surface area contributed by atoms with Gasteiger partial charge in [0.15, 0.2) is 16.7 Å². The predicted octanol–water partition coefficient (Wildman–Crippen LogP) is 4.86. The average Bonchev–Trinajstić information content (AvgIpc) is 3.57. The van der Waals surface area contributed by atoms with E-state index in [4.69, 9.17) is 33.3 Å². The topological polar surface area (TPSA) is 97.8 Å². The highest BCUT2D eigenvalue weighted by Gasteiger charge is 2.22. The number of para-hydroxylation sites is 1. The van der Waals surface area contributed by atoms with Crippen molar-refractivity contribution in [2.24, 2.45) is 0 Å². The van der Waals surface area contributed by atoms with Gasteiger partial charge in [-0.2, -0.15) is 0 Å². The summed E-state index contributed by atoms with van der Waals surface area (Å²) in [4.78, 5) is 22.9. The van der Waals surface area contributed by atoms with Crippen LogP contribution >= 0.6 is 11.8 Å². The first-order valence-corrected chi connectivity index (χ1v) is 13.0. The normalized spacial score (nSPS) is 15.3. The van der Waals surface area contributed by atoms with Crippen LogP contribution < -0.4 is 19.8 Å². The quantitative estimate of drug-likeness (QED) is 0.225. The molecular formula is C27H29N3O6S. The van der Waals surface area contributed by atoms with Crippen molar-refractivity contribution in [1.82, 2.24) is 14.5 Å². The van der Waals surface area contributed by atoms with Crippen LogP contribution in [0.2, 0.25) is 0 Å². The number of ether oxygens (including phenoxy) is 4. The van der Waals surface area contributed by atoms with E-state index in [1.807, 2.05) is 31.2 Å². The molecule has 0 bridgehead atoms. The van der Waals surface area contributed by atoms with Crippen LogP contribution in [0.5, 0.6) is 17.2 Å². The minimum atomic E-state index is -0.0569. The molecule has 1 fully saturated rings. The molecule has 0 N–H and O–H groups in total.